The first kappa shape index (κ1) is 19.0. The predicted molar refractivity (Wildman–Crippen MR) is 106 cm³/mol. The smallest absolute Gasteiger partial charge is 0.532 e. The molecule has 29 heavy (non-hydrogen) atoms. The minimum absolute atomic E-state index is 0.226. The number of primary amides is 1. The van der Waals surface area contributed by atoms with Crippen LogP contribution in [-0.4, -0.2) is 41.0 Å². The third-order valence-corrected chi connectivity index (χ3v) is 5.14. The second-order valence-corrected chi connectivity index (χ2v) is 7.10. The van der Waals surface area contributed by atoms with E-state index < -0.39 is 13.0 Å². The van der Waals surface area contributed by atoms with Crippen molar-refractivity contribution >= 4 is 30.1 Å². The molecule has 4 rings (SSSR count). The Morgan fingerprint density at radius 2 is 2.34 bits per heavy atom. The summed E-state index contributed by atoms with van der Waals surface area (Å²) in [6.07, 6.45) is 2.16. The number of allylic oxidation sites excluding steroid dienone is 1. The van der Waals surface area contributed by atoms with Crippen molar-refractivity contribution in [2.45, 2.75) is 19.4 Å². The molecule has 9 nitrogen and oxygen atoms in total. The number of rotatable bonds is 4. The van der Waals surface area contributed by atoms with E-state index in [9.17, 15) is 15.1 Å². The van der Waals surface area contributed by atoms with Crippen LogP contribution >= 0.6 is 0 Å². The molecule has 10 heteroatoms. The molecule has 1 aromatic heterocycles. The number of carbonyl (C=O) groups is 1. The summed E-state index contributed by atoms with van der Waals surface area (Å²) in [5, 5.41) is 26.7. The first-order chi connectivity index (χ1) is 14.0. The van der Waals surface area contributed by atoms with E-state index >= 15 is 0 Å². The molecule has 2 aromatic rings. The van der Waals surface area contributed by atoms with Crippen LogP contribution in [-0.2, 0) is 4.74 Å². The van der Waals surface area contributed by atoms with E-state index in [0.717, 1.165) is 11.1 Å². The minimum Gasteiger partial charge on any atom is -0.532 e. The monoisotopic (exact) mass is 393 g/mol. The van der Waals surface area contributed by atoms with Crippen molar-refractivity contribution in [2.75, 3.05) is 18.5 Å². The van der Waals surface area contributed by atoms with Gasteiger partial charge in [0.05, 0.1) is 24.6 Å². The van der Waals surface area contributed by atoms with Gasteiger partial charge in [-0.25, -0.2) is 0 Å². The number of nitriles is 1. The topological polar surface area (TPSA) is 135 Å². The lowest BCUT2D eigenvalue weighted by molar-refractivity contribution is 0.0342. The van der Waals surface area contributed by atoms with Gasteiger partial charge in [0, 0.05) is 24.1 Å². The molecule has 0 radical (unpaired) electrons. The molecule has 2 aliphatic heterocycles. The van der Waals surface area contributed by atoms with Crippen LogP contribution in [0.15, 0.2) is 30.4 Å². The lowest BCUT2D eigenvalue weighted by Crippen LogP contribution is -2.29. The summed E-state index contributed by atoms with van der Waals surface area (Å²) in [6.45, 7) is 2.76. The van der Waals surface area contributed by atoms with Gasteiger partial charge in [0.2, 0.25) is 0 Å². The number of carbonyl (C=O) groups excluding carboxylic acids is 1. The van der Waals surface area contributed by atoms with Crippen LogP contribution in [0.25, 0.3) is 5.57 Å². The highest BCUT2D eigenvalue weighted by molar-refractivity contribution is 6.52. The fourth-order valence-corrected chi connectivity index (χ4v) is 3.59. The molecule has 2 atom stereocenters. The largest absolute Gasteiger partial charge is 0.552 e. The number of hydrogen-bond acceptors (Lipinski definition) is 7. The van der Waals surface area contributed by atoms with Crippen molar-refractivity contribution in [3.63, 3.8) is 0 Å². The molecule has 0 spiro atoms. The van der Waals surface area contributed by atoms with Crippen molar-refractivity contribution < 1.29 is 19.2 Å². The summed E-state index contributed by atoms with van der Waals surface area (Å²) >= 11 is 0. The highest BCUT2D eigenvalue weighted by atomic mass is 16.5. The fraction of sp³-hybridized carbons (Fsp3) is 0.316. The molecule has 1 saturated heterocycles. The van der Waals surface area contributed by atoms with Gasteiger partial charge in [0.15, 0.2) is 5.82 Å². The number of ether oxygens (including phenoxy) is 1. The number of nitrogens with two attached hydrogens (primary N) is 1. The number of hydrogen-bond donors (Lipinski definition) is 3. The molecular weight excluding hydrogens is 373 g/mol. The van der Waals surface area contributed by atoms with Gasteiger partial charge in [-0.15, -0.1) is 0 Å². The Bertz CT molecular complexity index is 1030. The lowest BCUT2D eigenvalue weighted by atomic mass is 9.82. The molecule has 1 aromatic carbocycles. The molecule has 148 valence electrons. The molecule has 3 heterocycles. The Labute approximate surface area is 167 Å². The minimum atomic E-state index is -0.968. The fourth-order valence-electron chi connectivity index (χ4n) is 3.59. The zero-order valence-electron chi connectivity index (χ0n) is 15.8. The van der Waals surface area contributed by atoms with Crippen LogP contribution in [0.1, 0.15) is 35.3 Å². The molecule has 0 aliphatic carbocycles. The third kappa shape index (κ3) is 3.70. The average Bonchev–Trinajstić information content (AvgIpc) is 3.12. The number of aromatic nitrogens is 2. The van der Waals surface area contributed by atoms with Crippen molar-refractivity contribution in [3.05, 3.63) is 41.5 Å². The maximum atomic E-state index is 12.0. The Kier molecular flexibility index (Phi) is 5.00. The molecule has 2 unspecified atom stereocenters. The van der Waals surface area contributed by atoms with E-state index in [4.69, 9.17) is 15.1 Å². The molecule has 2 aliphatic rings. The molecule has 1 fully saturated rings. The maximum Gasteiger partial charge on any atom is 0.552 e. The average molecular weight is 393 g/mol. The first-order valence-electron chi connectivity index (χ1n) is 9.27. The summed E-state index contributed by atoms with van der Waals surface area (Å²) in [5.74, 6) is 1.61. The summed E-state index contributed by atoms with van der Waals surface area (Å²) in [7, 11) is -0.968. The number of benzene rings is 1. The highest BCUT2D eigenvalue weighted by Gasteiger charge is 2.30. The molecule has 0 saturated carbocycles. The van der Waals surface area contributed by atoms with Crippen molar-refractivity contribution in [2.24, 2.45) is 11.7 Å². The van der Waals surface area contributed by atoms with Crippen molar-refractivity contribution in [1.82, 2.24) is 9.78 Å². The van der Waals surface area contributed by atoms with Crippen LogP contribution in [0.3, 0.4) is 0 Å². The molecule has 0 bridgehead atoms. The standard InChI is InChI=1S/C19H20BN5O4/c1-11-7-20(27)29-17-3-2-13(6-14(11)17)23-19-15(18(22)26)9-25(24-19)16-10-28-5-4-12(16)8-21/h2-3,6-7,9,12,16,27H,4-5,10H2,1H3,(H2,22,26)(H,23,24). The molecule has 4 N–H and O–H groups in total. The van der Waals surface area contributed by atoms with Gasteiger partial charge in [-0.2, -0.15) is 10.4 Å². The Hall–Kier alpha value is -3.29. The first-order valence-corrected chi connectivity index (χ1v) is 9.27. The number of nitrogens with zero attached hydrogens (tertiary/aromatic N) is 3. The highest BCUT2D eigenvalue weighted by Crippen LogP contribution is 2.34. The Balaban J connectivity index is 1.65. The summed E-state index contributed by atoms with van der Waals surface area (Å²) in [5.41, 5.74) is 8.15. The Morgan fingerprint density at radius 3 is 3.10 bits per heavy atom. The maximum absolute atomic E-state index is 12.0. The van der Waals surface area contributed by atoms with Gasteiger partial charge < -0.3 is 25.5 Å². The molecular formula is C19H20BN5O4. The van der Waals surface area contributed by atoms with Crippen LogP contribution < -0.4 is 15.7 Å². The quantitative estimate of drug-likeness (QED) is 0.672. The lowest BCUT2D eigenvalue weighted by Gasteiger charge is -2.26. The summed E-state index contributed by atoms with van der Waals surface area (Å²) in [6, 6.07) is 7.34. The van der Waals surface area contributed by atoms with Crippen LogP contribution in [0.2, 0.25) is 0 Å². The van der Waals surface area contributed by atoms with Gasteiger partial charge in [0.25, 0.3) is 5.91 Å². The third-order valence-electron chi connectivity index (χ3n) is 5.14. The van der Waals surface area contributed by atoms with E-state index in [-0.39, 0.29) is 17.5 Å². The SMILES string of the molecule is CC1=CB(O)Oc2ccc(Nc3nn(C4COCCC4C#N)cc3C(N)=O)cc21. The number of anilines is 2. The van der Waals surface area contributed by atoms with Crippen LogP contribution in [0.5, 0.6) is 5.75 Å². The second kappa shape index (κ2) is 7.62. The van der Waals surface area contributed by atoms with Gasteiger partial charge in [-0.3, -0.25) is 9.48 Å². The van der Waals surface area contributed by atoms with E-state index in [1.165, 1.54) is 0 Å². The van der Waals surface area contributed by atoms with E-state index in [0.29, 0.717) is 36.9 Å². The zero-order chi connectivity index (χ0) is 20.5. The van der Waals surface area contributed by atoms with Crippen molar-refractivity contribution in [3.8, 4) is 11.8 Å². The summed E-state index contributed by atoms with van der Waals surface area (Å²) < 4.78 is 12.5. The second-order valence-electron chi connectivity index (χ2n) is 7.10. The Morgan fingerprint density at radius 1 is 1.52 bits per heavy atom. The van der Waals surface area contributed by atoms with Gasteiger partial charge in [0.1, 0.15) is 11.3 Å². The predicted octanol–water partition coefficient (Wildman–Crippen LogP) is 1.64. The van der Waals surface area contributed by atoms with Gasteiger partial charge >= 0.3 is 7.12 Å². The van der Waals surface area contributed by atoms with E-state index in [2.05, 4.69) is 16.5 Å². The number of nitrogens with one attached hydrogen (secondary N) is 1. The van der Waals surface area contributed by atoms with Crippen molar-refractivity contribution in [1.29, 1.82) is 5.26 Å². The number of amides is 1. The molecule has 1 amide bonds. The van der Waals surface area contributed by atoms with E-state index in [1.54, 1.807) is 29.0 Å². The van der Waals surface area contributed by atoms with Crippen LogP contribution in [0, 0.1) is 17.2 Å². The van der Waals surface area contributed by atoms with Gasteiger partial charge in [-0.05, 0) is 43.1 Å². The number of fused-ring (bicyclic) bond motifs is 1. The van der Waals surface area contributed by atoms with Crippen LogP contribution in [0.4, 0.5) is 11.5 Å². The van der Waals surface area contributed by atoms with E-state index in [1.807, 2.05) is 13.0 Å². The van der Waals surface area contributed by atoms with Gasteiger partial charge in [-0.1, -0.05) is 0 Å². The zero-order valence-corrected chi connectivity index (χ0v) is 15.8. The summed E-state index contributed by atoms with van der Waals surface area (Å²) in [4.78, 5) is 12.0. The normalized spacial score (nSPS) is 20.9.